The van der Waals surface area contributed by atoms with E-state index in [1.54, 1.807) is 4.90 Å². The topological polar surface area (TPSA) is 86.0 Å². The Morgan fingerprint density at radius 3 is 1.95 bits per heavy atom. The molecule has 3 N–H and O–H groups in total. The lowest BCUT2D eigenvalue weighted by molar-refractivity contribution is -0.150. The summed E-state index contributed by atoms with van der Waals surface area (Å²) in [6.07, 6.45) is 6.16. The number of benzene rings is 5. The van der Waals surface area contributed by atoms with Crippen LogP contribution in [0.4, 0.5) is 10.5 Å². The third-order valence-corrected chi connectivity index (χ3v) is 10.9. The summed E-state index contributed by atoms with van der Waals surface area (Å²) in [6.45, 7) is 4.49. The van der Waals surface area contributed by atoms with E-state index in [1.165, 1.54) is 17.5 Å². The van der Waals surface area contributed by atoms with Gasteiger partial charge in [-0.15, -0.1) is 0 Å². The number of carbonyl (C=O) groups excluding carboxylic acids is 1. The predicted molar refractivity (Wildman–Crippen MR) is 226 cm³/mol. The maximum Gasteiger partial charge on any atom is 0.412 e. The first kappa shape index (κ1) is 40.7. The maximum absolute atomic E-state index is 14.4. The zero-order valence-electron chi connectivity index (χ0n) is 32.9. The highest BCUT2D eigenvalue weighted by Gasteiger charge is 2.34. The molecular formula is C49H59N3O4. The van der Waals surface area contributed by atoms with Gasteiger partial charge < -0.3 is 25.3 Å². The van der Waals surface area contributed by atoms with Crippen LogP contribution in [0.5, 0.6) is 0 Å². The summed E-state index contributed by atoms with van der Waals surface area (Å²) < 4.78 is 19.8. The van der Waals surface area contributed by atoms with Crippen LogP contribution in [0.25, 0.3) is 0 Å². The number of amides is 1. The molecule has 56 heavy (non-hydrogen) atoms. The van der Waals surface area contributed by atoms with Crippen molar-refractivity contribution in [1.29, 1.82) is 0 Å². The number of rotatable bonds is 21. The van der Waals surface area contributed by atoms with Crippen LogP contribution in [0.15, 0.2) is 140 Å². The molecule has 0 aromatic heterocycles. The SMILES string of the molecule is CCCN[C@@H](CCCC(OCc1ccccc1)C(OCc1ccccc1)N(CCc1ccc(N)cc1)C(=O)OCc1ccccc1)C1CCc2ccccc2C1. The van der Waals surface area contributed by atoms with Gasteiger partial charge in [0.15, 0.2) is 6.23 Å². The van der Waals surface area contributed by atoms with E-state index in [0.717, 1.165) is 60.9 Å². The Hall–Kier alpha value is -4.95. The van der Waals surface area contributed by atoms with E-state index in [4.69, 9.17) is 19.9 Å². The number of nitrogens with zero attached hydrogens (tertiary/aromatic N) is 1. The second kappa shape index (κ2) is 22.0. The van der Waals surface area contributed by atoms with E-state index in [1.807, 2.05) is 91.0 Å². The third-order valence-electron chi connectivity index (χ3n) is 10.9. The number of hydrogen-bond acceptors (Lipinski definition) is 6. The minimum Gasteiger partial charge on any atom is -0.444 e. The molecule has 1 aliphatic carbocycles. The molecule has 1 amide bonds. The Kier molecular flexibility index (Phi) is 16.0. The van der Waals surface area contributed by atoms with Crippen LogP contribution in [0.1, 0.15) is 72.4 Å². The Balaban J connectivity index is 1.27. The molecule has 0 radical (unpaired) electrons. The van der Waals surface area contributed by atoms with Gasteiger partial charge in [0.05, 0.1) is 13.2 Å². The summed E-state index contributed by atoms with van der Waals surface area (Å²) >= 11 is 0. The van der Waals surface area contributed by atoms with Crippen LogP contribution >= 0.6 is 0 Å². The Morgan fingerprint density at radius 1 is 0.714 bits per heavy atom. The van der Waals surface area contributed by atoms with E-state index in [9.17, 15) is 4.79 Å². The van der Waals surface area contributed by atoms with Crippen molar-refractivity contribution in [3.8, 4) is 0 Å². The second-order valence-electron chi connectivity index (χ2n) is 15.0. The van der Waals surface area contributed by atoms with Crippen molar-refractivity contribution in [2.45, 2.75) is 96.5 Å². The normalized spacial score (nSPS) is 15.3. The molecule has 4 atom stereocenters. The molecule has 5 aromatic carbocycles. The lowest BCUT2D eigenvalue weighted by Gasteiger charge is -2.37. The molecule has 294 valence electrons. The first-order valence-electron chi connectivity index (χ1n) is 20.5. The summed E-state index contributed by atoms with van der Waals surface area (Å²) in [5, 5.41) is 3.93. The third kappa shape index (κ3) is 12.5. The Labute approximate surface area is 334 Å². The number of anilines is 1. The van der Waals surface area contributed by atoms with Gasteiger partial charge in [0.1, 0.15) is 12.7 Å². The molecule has 0 saturated heterocycles. The molecular weight excluding hydrogens is 695 g/mol. The molecule has 0 aliphatic heterocycles. The molecule has 1 aliphatic rings. The fourth-order valence-corrected chi connectivity index (χ4v) is 7.74. The standard InChI is InChI=1S/C49H59N3O4/c1-2-32-51-46(44-28-27-42-21-12-13-22-43(42)34-44)23-14-24-47(54-35-39-15-6-3-7-16-39)48(55-36-40-17-8-4-9-18-40)52(33-31-38-25-29-45(50)30-26-38)49(53)56-37-41-19-10-5-11-20-41/h3-13,15-22,25-26,29-30,44,46-48,51H,2,14,23-24,27-28,31-37,50H2,1H3/t44?,46-,47?,48?/m0/s1. The van der Waals surface area contributed by atoms with Crippen LogP contribution in [-0.4, -0.2) is 42.5 Å². The van der Waals surface area contributed by atoms with Gasteiger partial charge in [-0.3, -0.25) is 4.90 Å². The number of nitrogen functional groups attached to an aromatic ring is 1. The molecule has 0 spiro atoms. The number of ether oxygens (including phenoxy) is 3. The van der Waals surface area contributed by atoms with E-state index < -0.39 is 18.4 Å². The summed E-state index contributed by atoms with van der Waals surface area (Å²) in [5.41, 5.74) is 13.8. The zero-order chi connectivity index (χ0) is 38.8. The van der Waals surface area contributed by atoms with E-state index in [0.29, 0.717) is 50.2 Å². The first-order chi connectivity index (χ1) is 27.6. The highest BCUT2D eigenvalue weighted by atomic mass is 16.6. The van der Waals surface area contributed by atoms with Crippen LogP contribution < -0.4 is 11.1 Å². The average Bonchev–Trinajstić information content (AvgIpc) is 3.25. The quantitative estimate of drug-likeness (QED) is 0.0574. The Bertz CT molecular complexity index is 1860. The first-order valence-corrected chi connectivity index (χ1v) is 20.5. The highest BCUT2D eigenvalue weighted by molar-refractivity contribution is 5.68. The molecule has 7 nitrogen and oxygen atoms in total. The average molecular weight is 754 g/mol. The van der Waals surface area contributed by atoms with E-state index in [2.05, 4.69) is 60.8 Å². The van der Waals surface area contributed by atoms with Crippen molar-refractivity contribution in [3.05, 3.63) is 173 Å². The van der Waals surface area contributed by atoms with Gasteiger partial charge in [0, 0.05) is 18.3 Å². The summed E-state index contributed by atoms with van der Waals surface area (Å²) in [7, 11) is 0. The van der Waals surface area contributed by atoms with Crippen LogP contribution in [0.2, 0.25) is 0 Å². The van der Waals surface area contributed by atoms with Crippen molar-refractivity contribution >= 4 is 11.8 Å². The van der Waals surface area contributed by atoms with Crippen LogP contribution in [0.3, 0.4) is 0 Å². The zero-order valence-corrected chi connectivity index (χ0v) is 32.9. The predicted octanol–water partition coefficient (Wildman–Crippen LogP) is 9.92. The fourth-order valence-electron chi connectivity index (χ4n) is 7.74. The van der Waals surface area contributed by atoms with Crippen molar-refractivity contribution in [2.75, 3.05) is 18.8 Å². The lowest BCUT2D eigenvalue weighted by atomic mass is 9.78. The number of fused-ring (bicyclic) bond motifs is 1. The second-order valence-corrected chi connectivity index (χ2v) is 15.0. The van der Waals surface area contributed by atoms with Gasteiger partial charge in [-0.05, 0) is 109 Å². The maximum atomic E-state index is 14.4. The monoisotopic (exact) mass is 753 g/mol. The van der Waals surface area contributed by atoms with Gasteiger partial charge >= 0.3 is 6.09 Å². The van der Waals surface area contributed by atoms with Crippen molar-refractivity contribution in [1.82, 2.24) is 10.2 Å². The van der Waals surface area contributed by atoms with Gasteiger partial charge in [0.25, 0.3) is 0 Å². The van der Waals surface area contributed by atoms with Crippen molar-refractivity contribution in [3.63, 3.8) is 0 Å². The molecule has 0 heterocycles. The van der Waals surface area contributed by atoms with Crippen LogP contribution in [-0.2, 0) is 53.3 Å². The van der Waals surface area contributed by atoms with E-state index >= 15 is 0 Å². The number of hydrogen-bond donors (Lipinski definition) is 2. The summed E-state index contributed by atoms with van der Waals surface area (Å²) in [4.78, 5) is 16.1. The van der Waals surface area contributed by atoms with Gasteiger partial charge in [-0.1, -0.05) is 134 Å². The minimum atomic E-state index is -0.709. The van der Waals surface area contributed by atoms with Gasteiger partial charge in [-0.2, -0.15) is 0 Å². The summed E-state index contributed by atoms with van der Waals surface area (Å²) in [5.74, 6) is 0.564. The Morgan fingerprint density at radius 2 is 1.30 bits per heavy atom. The molecule has 5 aromatic rings. The summed E-state index contributed by atoms with van der Waals surface area (Å²) in [6, 6.07) is 47.3. The molecule has 0 fully saturated rings. The van der Waals surface area contributed by atoms with Crippen LogP contribution in [0, 0.1) is 5.92 Å². The van der Waals surface area contributed by atoms with Crippen molar-refractivity contribution < 1.29 is 19.0 Å². The molecule has 7 heteroatoms. The fraction of sp³-hybridized carbons (Fsp3) is 0.367. The molecule has 3 unspecified atom stereocenters. The number of nitrogens with one attached hydrogen (secondary N) is 1. The number of nitrogens with two attached hydrogens (primary N) is 1. The molecule has 6 rings (SSSR count). The van der Waals surface area contributed by atoms with Gasteiger partial charge in [-0.25, -0.2) is 4.79 Å². The van der Waals surface area contributed by atoms with E-state index in [-0.39, 0.29) is 6.61 Å². The number of aryl methyl sites for hydroxylation is 1. The molecule has 0 saturated carbocycles. The largest absolute Gasteiger partial charge is 0.444 e. The van der Waals surface area contributed by atoms with Gasteiger partial charge in [0.2, 0.25) is 0 Å². The lowest BCUT2D eigenvalue weighted by Crippen LogP contribution is -2.50. The number of carbonyl (C=O) groups is 1. The smallest absolute Gasteiger partial charge is 0.412 e. The molecule has 0 bridgehead atoms. The highest BCUT2D eigenvalue weighted by Crippen LogP contribution is 2.30. The van der Waals surface area contributed by atoms with Crippen molar-refractivity contribution in [2.24, 2.45) is 5.92 Å². The minimum absolute atomic E-state index is 0.161.